The highest BCUT2D eigenvalue weighted by atomic mass is 31.2. The van der Waals surface area contributed by atoms with Crippen molar-refractivity contribution in [3.05, 3.63) is 83.9 Å². The van der Waals surface area contributed by atoms with Crippen molar-refractivity contribution in [2.24, 2.45) is 0 Å². The molecule has 158 valence electrons. The molecule has 0 atom stereocenters. The van der Waals surface area contributed by atoms with Crippen LogP contribution in [0.2, 0.25) is 0 Å². The second-order valence-corrected chi connectivity index (χ2v) is 16.5. The lowest BCUT2D eigenvalue weighted by atomic mass is 9.88. The van der Waals surface area contributed by atoms with Crippen molar-refractivity contribution in [2.45, 2.75) is 64.2 Å². The summed E-state index contributed by atoms with van der Waals surface area (Å²) in [5.41, 5.74) is 6.07. The quantitative estimate of drug-likeness (QED) is 0.246. The number of fused-ring (bicyclic) bond motifs is 7. The van der Waals surface area contributed by atoms with Crippen LogP contribution in [-0.2, 0) is 12.3 Å². The second kappa shape index (κ2) is 6.91. The standard InChI is InChI=1S/C30H34P/c1-29(2,3)31(30(4,5)6)19-23-17-15-21-11-7-9-13-25(21)27(23)28-24(20-31)18-16-22-12-8-10-14-26(22)28/h7-18H,19-20H2,1-6H3/q+1. The first-order valence-electron chi connectivity index (χ1n) is 11.5. The summed E-state index contributed by atoms with van der Waals surface area (Å²) in [5.74, 6) is 0. The molecule has 31 heavy (non-hydrogen) atoms. The van der Waals surface area contributed by atoms with Crippen LogP contribution in [0.1, 0.15) is 52.7 Å². The van der Waals surface area contributed by atoms with E-state index >= 15 is 0 Å². The number of hydrogen-bond acceptors (Lipinski definition) is 0. The Morgan fingerprint density at radius 2 is 0.903 bits per heavy atom. The van der Waals surface area contributed by atoms with Crippen molar-refractivity contribution in [1.29, 1.82) is 0 Å². The van der Waals surface area contributed by atoms with E-state index < -0.39 is 7.26 Å². The summed E-state index contributed by atoms with van der Waals surface area (Å²) >= 11 is 0. The molecule has 1 aliphatic heterocycles. The predicted molar refractivity (Wildman–Crippen MR) is 141 cm³/mol. The van der Waals surface area contributed by atoms with Crippen LogP contribution in [0.4, 0.5) is 0 Å². The average molecular weight is 426 g/mol. The summed E-state index contributed by atoms with van der Waals surface area (Å²) in [4.78, 5) is 0. The topological polar surface area (TPSA) is 0 Å². The lowest BCUT2D eigenvalue weighted by molar-refractivity contribution is 0.676. The second-order valence-electron chi connectivity index (χ2n) is 11.3. The lowest BCUT2D eigenvalue weighted by Crippen LogP contribution is -2.35. The largest absolute Gasteiger partial charge is 0.0862 e. The molecular weight excluding hydrogens is 391 g/mol. The van der Waals surface area contributed by atoms with Crippen LogP contribution < -0.4 is 0 Å². The van der Waals surface area contributed by atoms with Crippen LogP contribution in [0, 0.1) is 0 Å². The molecule has 5 rings (SSSR count). The van der Waals surface area contributed by atoms with E-state index in [9.17, 15) is 0 Å². The summed E-state index contributed by atoms with van der Waals surface area (Å²) in [5, 5.41) is 6.05. The summed E-state index contributed by atoms with van der Waals surface area (Å²) in [7, 11) is -1.42. The maximum absolute atomic E-state index is 2.50. The zero-order chi connectivity index (χ0) is 22.0. The van der Waals surface area contributed by atoms with Gasteiger partial charge >= 0.3 is 0 Å². The summed E-state index contributed by atoms with van der Waals surface area (Å²) in [6.45, 7) is 15.0. The van der Waals surface area contributed by atoms with E-state index in [4.69, 9.17) is 0 Å². The van der Waals surface area contributed by atoms with Crippen LogP contribution in [0.3, 0.4) is 0 Å². The fourth-order valence-corrected chi connectivity index (χ4v) is 11.8. The molecular formula is C30H34P+. The SMILES string of the molecule is CC(C)(C)[P+]1(C(C)(C)C)Cc2ccc3ccccc3c2-c2c(ccc3ccccc23)C1. The van der Waals surface area contributed by atoms with Crippen molar-refractivity contribution < 1.29 is 0 Å². The zero-order valence-corrected chi connectivity index (χ0v) is 20.7. The molecule has 4 aromatic carbocycles. The first-order valence-corrected chi connectivity index (χ1v) is 13.7. The molecule has 1 heterocycles. The van der Waals surface area contributed by atoms with Crippen LogP contribution >= 0.6 is 7.26 Å². The molecule has 1 aliphatic rings. The Morgan fingerprint density at radius 3 is 1.29 bits per heavy atom. The number of benzene rings is 4. The van der Waals surface area contributed by atoms with Crippen molar-refractivity contribution in [1.82, 2.24) is 0 Å². The lowest BCUT2D eigenvalue weighted by Gasteiger charge is -2.47. The third-order valence-corrected chi connectivity index (χ3v) is 14.6. The highest BCUT2D eigenvalue weighted by Gasteiger charge is 2.58. The van der Waals surface area contributed by atoms with Gasteiger partial charge < -0.3 is 0 Å². The van der Waals surface area contributed by atoms with E-state index in [1.54, 1.807) is 11.1 Å². The minimum atomic E-state index is -1.42. The maximum Gasteiger partial charge on any atom is 0.0862 e. The van der Waals surface area contributed by atoms with E-state index in [-0.39, 0.29) is 10.3 Å². The van der Waals surface area contributed by atoms with Crippen molar-refractivity contribution >= 4 is 28.8 Å². The third-order valence-electron chi connectivity index (χ3n) is 7.73. The molecule has 4 aromatic rings. The van der Waals surface area contributed by atoms with E-state index in [1.807, 2.05) is 0 Å². The fourth-order valence-electron chi connectivity index (χ4n) is 6.08. The van der Waals surface area contributed by atoms with Gasteiger partial charge in [0, 0.05) is 7.26 Å². The highest BCUT2D eigenvalue weighted by molar-refractivity contribution is 7.77. The summed E-state index contributed by atoms with van der Waals surface area (Å²) in [6, 6.07) is 27.5. The van der Waals surface area contributed by atoms with Gasteiger partial charge in [-0.3, -0.25) is 0 Å². The smallest absolute Gasteiger partial charge is 0.0616 e. The van der Waals surface area contributed by atoms with E-state index in [0.29, 0.717) is 0 Å². The Bertz CT molecular complexity index is 1190. The van der Waals surface area contributed by atoms with Crippen molar-refractivity contribution in [3.8, 4) is 11.1 Å². The Morgan fingerprint density at radius 1 is 0.516 bits per heavy atom. The van der Waals surface area contributed by atoms with E-state index in [1.165, 1.54) is 45.0 Å². The number of rotatable bonds is 0. The molecule has 0 saturated carbocycles. The molecule has 0 unspecified atom stereocenters. The Kier molecular flexibility index (Phi) is 4.62. The fraction of sp³-hybridized carbons (Fsp3) is 0.333. The molecule has 0 saturated heterocycles. The Balaban J connectivity index is 1.98. The van der Waals surface area contributed by atoms with Gasteiger partial charge in [0.25, 0.3) is 0 Å². The molecule has 0 aliphatic carbocycles. The Hall–Kier alpha value is -2.17. The average Bonchev–Trinajstić information content (AvgIpc) is 2.88. The first-order chi connectivity index (χ1) is 14.6. The van der Waals surface area contributed by atoms with Crippen LogP contribution in [0.25, 0.3) is 32.7 Å². The van der Waals surface area contributed by atoms with Crippen LogP contribution in [0.15, 0.2) is 72.8 Å². The summed E-state index contributed by atoms with van der Waals surface area (Å²) < 4.78 is 0. The van der Waals surface area contributed by atoms with Gasteiger partial charge in [-0.1, -0.05) is 72.8 Å². The van der Waals surface area contributed by atoms with Gasteiger partial charge in [0.05, 0.1) is 22.6 Å². The van der Waals surface area contributed by atoms with Crippen molar-refractivity contribution in [3.63, 3.8) is 0 Å². The molecule has 0 N–H and O–H groups in total. The van der Waals surface area contributed by atoms with Crippen LogP contribution in [0.5, 0.6) is 0 Å². The van der Waals surface area contributed by atoms with Gasteiger partial charge in [-0.15, -0.1) is 0 Å². The molecule has 0 radical (unpaired) electrons. The van der Waals surface area contributed by atoms with Gasteiger partial charge in [-0.2, -0.15) is 0 Å². The molecule has 1 heteroatoms. The zero-order valence-electron chi connectivity index (χ0n) is 19.8. The molecule has 0 aromatic heterocycles. The summed E-state index contributed by atoms with van der Waals surface area (Å²) in [6.07, 6.45) is 2.42. The minimum Gasteiger partial charge on any atom is -0.0616 e. The van der Waals surface area contributed by atoms with Gasteiger partial charge in [0.15, 0.2) is 0 Å². The molecule has 0 bridgehead atoms. The van der Waals surface area contributed by atoms with Gasteiger partial charge in [0.1, 0.15) is 0 Å². The van der Waals surface area contributed by atoms with E-state index in [0.717, 1.165) is 0 Å². The van der Waals surface area contributed by atoms with Gasteiger partial charge in [0.2, 0.25) is 0 Å². The third kappa shape index (κ3) is 3.07. The monoisotopic (exact) mass is 425 g/mol. The molecule has 0 amide bonds. The molecule has 0 spiro atoms. The minimum absolute atomic E-state index is 0.279. The first kappa shape index (κ1) is 20.7. The highest BCUT2D eigenvalue weighted by Crippen LogP contribution is 2.81. The van der Waals surface area contributed by atoms with Gasteiger partial charge in [-0.25, -0.2) is 0 Å². The molecule has 0 fully saturated rings. The maximum atomic E-state index is 2.50. The van der Waals surface area contributed by atoms with Crippen LogP contribution in [-0.4, -0.2) is 10.3 Å². The predicted octanol–water partition coefficient (Wildman–Crippen LogP) is 9.29. The Labute approximate surface area is 188 Å². The van der Waals surface area contributed by atoms with Gasteiger partial charge in [-0.05, 0) is 85.3 Å². The molecule has 0 nitrogen and oxygen atoms in total. The van der Waals surface area contributed by atoms with Crippen molar-refractivity contribution in [2.75, 3.05) is 0 Å². The normalized spacial score (nSPS) is 16.1. The number of hydrogen-bond donors (Lipinski definition) is 0. The van der Waals surface area contributed by atoms with E-state index in [2.05, 4.69) is 114 Å².